The number of phenols is 3. The molecule has 0 bridgehead atoms. The summed E-state index contributed by atoms with van der Waals surface area (Å²) in [6.45, 7) is 12.6. The number of ketones is 1. The van der Waals surface area contributed by atoms with Gasteiger partial charge >= 0.3 is 0 Å². The smallest absolute Gasteiger partial charge is 0.130 e. The van der Waals surface area contributed by atoms with Crippen LogP contribution in [0.15, 0.2) is 89.1 Å². The van der Waals surface area contributed by atoms with Crippen molar-refractivity contribution in [2.24, 2.45) is 0 Å². The number of benzene rings is 2. The molecule has 0 radical (unpaired) electrons. The van der Waals surface area contributed by atoms with Gasteiger partial charge in [-0.25, -0.2) is 0 Å². The molecule has 4 heteroatoms. The third-order valence-corrected chi connectivity index (χ3v) is 6.43. The molecule has 4 nitrogen and oxygen atoms in total. The zero-order valence-electron chi connectivity index (χ0n) is 25.9. The molecule has 0 aliphatic heterocycles. The van der Waals surface area contributed by atoms with Crippen LogP contribution in [0.2, 0.25) is 0 Å². The molecule has 2 aromatic carbocycles. The third-order valence-electron chi connectivity index (χ3n) is 6.43. The van der Waals surface area contributed by atoms with Gasteiger partial charge in [-0.05, 0) is 122 Å². The molecule has 0 aliphatic carbocycles. The van der Waals surface area contributed by atoms with Gasteiger partial charge in [0.2, 0.25) is 0 Å². The van der Waals surface area contributed by atoms with Crippen molar-refractivity contribution in [3.05, 3.63) is 100 Å². The Bertz CT molecular complexity index is 1200. The molecule has 222 valence electrons. The Hall–Kier alpha value is -3.79. The first-order valence-electron chi connectivity index (χ1n) is 14.5. The number of hydrogen-bond acceptors (Lipinski definition) is 4. The minimum absolute atomic E-state index is 0.0235. The second kappa shape index (κ2) is 20.1. The maximum atomic E-state index is 10.9. The lowest BCUT2D eigenvalue weighted by Gasteiger charge is -2.02. The average Bonchev–Trinajstić information content (AvgIpc) is 2.88. The molecule has 0 saturated heterocycles. The standard InChI is InChI=1S/C23H38O.C14H12O3/c1-19(2)11-7-12-20(3)13-8-14-21(4)15-9-16-22(5)17-10-18-23(6)24;15-12-5-3-10(4-6-12)1-2-11-7-13(16)9-14(17)8-11/h11,13,15,17H,7-10,12,14,16,18H2,1-6H3;1-9,15-17H/b20-13+,21-15+,22-17+;2-1+. The molecule has 0 atom stereocenters. The van der Waals surface area contributed by atoms with E-state index in [1.165, 1.54) is 34.8 Å². The second-order valence-corrected chi connectivity index (χ2v) is 11.0. The summed E-state index contributed by atoms with van der Waals surface area (Å²) in [5, 5.41) is 27.7. The van der Waals surface area contributed by atoms with E-state index in [2.05, 4.69) is 58.9 Å². The molecule has 0 unspecified atom stereocenters. The number of Topliss-reactive ketones (excluding diaryl/α,β-unsaturated/α-hetero) is 1. The summed E-state index contributed by atoms with van der Waals surface area (Å²) in [5.74, 6) is 0.543. The van der Waals surface area contributed by atoms with E-state index < -0.39 is 0 Å². The molecular formula is C37H50O4. The Balaban J connectivity index is 0.000000431. The van der Waals surface area contributed by atoms with Gasteiger partial charge in [-0.3, -0.25) is 0 Å². The van der Waals surface area contributed by atoms with Gasteiger partial charge < -0.3 is 20.1 Å². The van der Waals surface area contributed by atoms with E-state index in [0.717, 1.165) is 44.1 Å². The third kappa shape index (κ3) is 19.0. The molecule has 0 spiro atoms. The highest BCUT2D eigenvalue weighted by atomic mass is 16.3. The summed E-state index contributed by atoms with van der Waals surface area (Å²) in [6.07, 6.45) is 21.3. The molecule has 3 N–H and O–H groups in total. The van der Waals surface area contributed by atoms with Crippen LogP contribution in [-0.4, -0.2) is 21.1 Å². The Morgan fingerprint density at radius 2 is 0.951 bits per heavy atom. The summed E-state index contributed by atoms with van der Waals surface area (Å²) in [5.41, 5.74) is 7.42. The number of rotatable bonds is 14. The fraction of sp³-hybridized carbons (Fsp3) is 0.378. The van der Waals surface area contributed by atoms with Crippen molar-refractivity contribution in [3.63, 3.8) is 0 Å². The van der Waals surface area contributed by atoms with Crippen LogP contribution in [0, 0.1) is 0 Å². The zero-order valence-corrected chi connectivity index (χ0v) is 25.9. The number of carbonyl (C=O) groups is 1. The van der Waals surface area contributed by atoms with Crippen LogP contribution in [0.4, 0.5) is 0 Å². The highest BCUT2D eigenvalue weighted by Crippen LogP contribution is 2.22. The Kier molecular flexibility index (Phi) is 17.3. The Morgan fingerprint density at radius 1 is 0.537 bits per heavy atom. The number of aromatic hydroxyl groups is 3. The summed E-state index contributed by atoms with van der Waals surface area (Å²) in [4.78, 5) is 10.9. The largest absolute Gasteiger partial charge is 0.508 e. The van der Waals surface area contributed by atoms with Crippen molar-refractivity contribution in [2.75, 3.05) is 0 Å². The first-order chi connectivity index (χ1) is 19.4. The molecule has 0 aromatic heterocycles. The molecule has 0 fully saturated rings. The average molecular weight is 559 g/mol. The predicted octanol–water partition coefficient (Wildman–Crippen LogP) is 10.5. The lowest BCUT2D eigenvalue weighted by atomic mass is 10.0. The zero-order chi connectivity index (χ0) is 30.6. The van der Waals surface area contributed by atoms with Gasteiger partial charge in [-0.2, -0.15) is 0 Å². The lowest BCUT2D eigenvalue weighted by molar-refractivity contribution is -0.116. The second-order valence-electron chi connectivity index (χ2n) is 11.0. The normalized spacial score (nSPS) is 12.2. The summed E-state index contributed by atoms with van der Waals surface area (Å²) < 4.78 is 0. The van der Waals surface area contributed by atoms with Crippen molar-refractivity contribution >= 4 is 17.9 Å². The van der Waals surface area contributed by atoms with Gasteiger partial charge in [0.25, 0.3) is 0 Å². The number of allylic oxidation sites excluding steroid dienone is 8. The fourth-order valence-electron chi connectivity index (χ4n) is 4.00. The monoisotopic (exact) mass is 558 g/mol. The first-order valence-corrected chi connectivity index (χ1v) is 14.5. The highest BCUT2D eigenvalue weighted by Gasteiger charge is 1.97. The van der Waals surface area contributed by atoms with E-state index in [0.29, 0.717) is 12.0 Å². The first kappa shape index (κ1) is 35.2. The van der Waals surface area contributed by atoms with Crippen LogP contribution < -0.4 is 0 Å². The molecule has 0 amide bonds. The molecule has 0 saturated carbocycles. The van der Waals surface area contributed by atoms with Gasteiger partial charge in [0.15, 0.2) is 0 Å². The predicted molar refractivity (Wildman–Crippen MR) is 175 cm³/mol. The maximum absolute atomic E-state index is 10.9. The van der Waals surface area contributed by atoms with Gasteiger partial charge in [0, 0.05) is 12.5 Å². The minimum atomic E-state index is 0.0235. The van der Waals surface area contributed by atoms with Crippen LogP contribution in [0.5, 0.6) is 17.2 Å². The topological polar surface area (TPSA) is 77.8 Å². The van der Waals surface area contributed by atoms with Gasteiger partial charge in [-0.1, -0.05) is 70.9 Å². The Labute approximate surface area is 248 Å². The van der Waals surface area contributed by atoms with E-state index in [4.69, 9.17) is 5.11 Å². The quantitative estimate of drug-likeness (QED) is 0.159. The van der Waals surface area contributed by atoms with Crippen LogP contribution >= 0.6 is 0 Å². The molecule has 2 rings (SSSR count). The molecule has 2 aromatic rings. The van der Waals surface area contributed by atoms with Gasteiger partial charge in [-0.15, -0.1) is 0 Å². The van der Waals surface area contributed by atoms with Gasteiger partial charge in [0.05, 0.1) is 0 Å². The molecule has 0 aliphatic rings. The SMILES string of the molecule is CC(=O)CC/C=C(\C)CC/C=C(\C)CC/C=C(\C)CCC=C(C)C.Oc1ccc(/C=C/c2cc(O)cc(O)c2)cc1. The Morgan fingerprint density at radius 3 is 1.39 bits per heavy atom. The summed E-state index contributed by atoms with van der Waals surface area (Å²) >= 11 is 0. The van der Waals surface area contributed by atoms with Crippen LogP contribution in [0.1, 0.15) is 104 Å². The minimum Gasteiger partial charge on any atom is -0.508 e. The lowest BCUT2D eigenvalue weighted by Crippen LogP contribution is -1.87. The number of carbonyl (C=O) groups excluding carboxylic acids is 1. The van der Waals surface area contributed by atoms with Crippen molar-refractivity contribution < 1.29 is 20.1 Å². The number of hydrogen-bond donors (Lipinski definition) is 3. The van der Waals surface area contributed by atoms with E-state index in [1.807, 2.05) is 6.08 Å². The van der Waals surface area contributed by atoms with E-state index in [-0.39, 0.29) is 23.0 Å². The van der Waals surface area contributed by atoms with Crippen LogP contribution in [0.25, 0.3) is 12.2 Å². The fourth-order valence-corrected chi connectivity index (χ4v) is 4.00. The van der Waals surface area contributed by atoms with E-state index in [1.54, 1.807) is 49.4 Å². The molecule has 0 heterocycles. The van der Waals surface area contributed by atoms with E-state index in [9.17, 15) is 15.0 Å². The van der Waals surface area contributed by atoms with Gasteiger partial charge in [0.1, 0.15) is 23.0 Å². The van der Waals surface area contributed by atoms with Crippen molar-refractivity contribution in [1.82, 2.24) is 0 Å². The summed E-state index contributed by atoms with van der Waals surface area (Å²) in [7, 11) is 0. The van der Waals surface area contributed by atoms with Crippen LogP contribution in [0.3, 0.4) is 0 Å². The van der Waals surface area contributed by atoms with Crippen molar-refractivity contribution in [1.29, 1.82) is 0 Å². The molecular weight excluding hydrogens is 508 g/mol. The van der Waals surface area contributed by atoms with Crippen molar-refractivity contribution in [3.8, 4) is 17.2 Å². The number of phenolic OH excluding ortho intramolecular Hbond substituents is 3. The highest BCUT2D eigenvalue weighted by molar-refractivity contribution is 5.75. The van der Waals surface area contributed by atoms with E-state index >= 15 is 0 Å². The van der Waals surface area contributed by atoms with Crippen molar-refractivity contribution in [2.45, 2.75) is 92.9 Å². The van der Waals surface area contributed by atoms with Crippen LogP contribution in [-0.2, 0) is 4.79 Å². The maximum Gasteiger partial charge on any atom is 0.130 e. The summed E-state index contributed by atoms with van der Waals surface area (Å²) in [6, 6.07) is 11.1. The molecule has 41 heavy (non-hydrogen) atoms.